The molecule has 1 fully saturated rings. The maximum absolute atomic E-state index is 11.3. The van der Waals surface area contributed by atoms with E-state index in [0.29, 0.717) is 13.2 Å². The van der Waals surface area contributed by atoms with Crippen LogP contribution in [0.25, 0.3) is 0 Å². The second-order valence-corrected chi connectivity index (χ2v) is 5.89. The van der Waals surface area contributed by atoms with E-state index < -0.39 is 10.0 Å². The van der Waals surface area contributed by atoms with Gasteiger partial charge in [0.25, 0.3) is 0 Å². The highest BCUT2D eigenvalue weighted by Crippen LogP contribution is 2.11. The number of hydrogen-bond donors (Lipinski definition) is 2. The van der Waals surface area contributed by atoms with Crippen molar-refractivity contribution < 1.29 is 13.2 Å². The Morgan fingerprint density at radius 2 is 2.27 bits per heavy atom. The number of hydrogen-bond acceptors (Lipinski definition) is 4. The third-order valence-electron chi connectivity index (χ3n) is 2.14. The Hall–Kier alpha value is -0.240. The molecule has 1 atom stereocenters. The molecule has 0 aromatic carbocycles. The summed E-state index contributed by atoms with van der Waals surface area (Å²) in [5, 5.41) is 0. The molecule has 0 aliphatic carbocycles. The molecule has 1 aliphatic heterocycles. The summed E-state index contributed by atoms with van der Waals surface area (Å²) in [5.74, 6) is -0.297. The van der Waals surface area contributed by atoms with E-state index in [9.17, 15) is 8.42 Å². The van der Waals surface area contributed by atoms with Crippen molar-refractivity contribution in [2.45, 2.75) is 25.4 Å². The van der Waals surface area contributed by atoms with Crippen molar-refractivity contribution in [1.29, 1.82) is 0 Å². The summed E-state index contributed by atoms with van der Waals surface area (Å²) in [5.41, 5.74) is 5.17. The molecule has 7 heteroatoms. The molecular weight excluding hydrogens is 236 g/mol. The monoisotopic (exact) mass is 252 g/mol. The average molecular weight is 252 g/mol. The van der Waals surface area contributed by atoms with Crippen LogP contribution in [0.4, 0.5) is 0 Å². The molecule has 0 spiro atoms. The van der Waals surface area contributed by atoms with E-state index in [2.05, 4.69) is 16.9 Å². The van der Waals surface area contributed by atoms with E-state index in [0.717, 1.165) is 19.3 Å². The average Bonchev–Trinajstić information content (AvgIpc) is 2.15. The van der Waals surface area contributed by atoms with Gasteiger partial charge in [-0.15, -0.1) is 0 Å². The second kappa shape index (κ2) is 5.74. The maximum atomic E-state index is 11.3. The summed E-state index contributed by atoms with van der Waals surface area (Å²) >= 11 is 4.54. The van der Waals surface area contributed by atoms with Crippen molar-refractivity contribution in [3.63, 3.8) is 0 Å². The van der Waals surface area contributed by atoms with Crippen LogP contribution in [0.1, 0.15) is 19.3 Å². The molecule has 0 aromatic heterocycles. The van der Waals surface area contributed by atoms with Crippen LogP contribution in [0, 0.1) is 0 Å². The lowest BCUT2D eigenvalue weighted by molar-refractivity contribution is 0.0200. The number of ether oxygens (including phenoxy) is 1. The zero-order chi connectivity index (χ0) is 11.3. The highest BCUT2D eigenvalue weighted by Gasteiger charge is 2.17. The van der Waals surface area contributed by atoms with Crippen LogP contribution < -0.4 is 10.5 Å². The standard InChI is InChI=1S/C8H16N2O3S2/c9-8(14)6-15(11,12)10-5-7-3-1-2-4-13-7/h7,10H,1-6H2,(H2,9,14). The van der Waals surface area contributed by atoms with Crippen LogP contribution in [0.15, 0.2) is 0 Å². The van der Waals surface area contributed by atoms with Gasteiger partial charge in [-0.1, -0.05) is 12.2 Å². The molecule has 0 aromatic rings. The fourth-order valence-electron chi connectivity index (χ4n) is 1.43. The molecular formula is C8H16N2O3S2. The Labute approximate surface area is 95.4 Å². The molecule has 15 heavy (non-hydrogen) atoms. The molecule has 1 rings (SSSR count). The summed E-state index contributed by atoms with van der Waals surface area (Å²) in [4.78, 5) is -0.0212. The molecule has 0 saturated carbocycles. The minimum atomic E-state index is -3.38. The molecule has 1 saturated heterocycles. The first-order valence-electron chi connectivity index (χ1n) is 4.87. The smallest absolute Gasteiger partial charge is 0.218 e. The van der Waals surface area contributed by atoms with E-state index in [1.807, 2.05) is 0 Å². The van der Waals surface area contributed by atoms with Gasteiger partial charge in [0.15, 0.2) is 0 Å². The van der Waals surface area contributed by atoms with Crippen LogP contribution in [0.2, 0.25) is 0 Å². The predicted molar refractivity (Wildman–Crippen MR) is 62.2 cm³/mol. The number of nitrogens with one attached hydrogen (secondary N) is 1. The molecule has 0 amide bonds. The van der Waals surface area contributed by atoms with Crippen LogP contribution in [0.5, 0.6) is 0 Å². The molecule has 0 bridgehead atoms. The van der Waals surface area contributed by atoms with Gasteiger partial charge in [-0.25, -0.2) is 13.1 Å². The summed E-state index contributed by atoms with van der Waals surface area (Å²) in [6.07, 6.45) is 3.02. The van der Waals surface area contributed by atoms with Gasteiger partial charge < -0.3 is 10.5 Å². The van der Waals surface area contributed by atoms with Crippen molar-refractivity contribution in [2.75, 3.05) is 18.9 Å². The Morgan fingerprint density at radius 1 is 1.53 bits per heavy atom. The Bertz CT molecular complexity index is 310. The zero-order valence-electron chi connectivity index (χ0n) is 8.44. The molecule has 3 N–H and O–H groups in total. The van der Waals surface area contributed by atoms with Crippen LogP contribution in [0.3, 0.4) is 0 Å². The first kappa shape index (κ1) is 12.8. The molecule has 5 nitrogen and oxygen atoms in total. The van der Waals surface area contributed by atoms with Gasteiger partial charge in [0, 0.05) is 13.2 Å². The van der Waals surface area contributed by atoms with E-state index >= 15 is 0 Å². The summed E-state index contributed by atoms with van der Waals surface area (Å²) in [7, 11) is -3.38. The number of nitrogens with two attached hydrogens (primary N) is 1. The van der Waals surface area contributed by atoms with E-state index in [4.69, 9.17) is 10.5 Å². The fraction of sp³-hybridized carbons (Fsp3) is 0.875. The lowest BCUT2D eigenvalue weighted by Crippen LogP contribution is -2.38. The first-order valence-corrected chi connectivity index (χ1v) is 6.93. The van der Waals surface area contributed by atoms with Crippen molar-refractivity contribution in [3.05, 3.63) is 0 Å². The quantitative estimate of drug-likeness (QED) is 0.660. The van der Waals surface area contributed by atoms with Gasteiger partial charge >= 0.3 is 0 Å². The molecule has 1 heterocycles. The highest BCUT2D eigenvalue weighted by molar-refractivity contribution is 7.92. The Kier molecular flexibility index (Phi) is 4.91. The zero-order valence-corrected chi connectivity index (χ0v) is 10.1. The summed E-state index contributed by atoms with van der Waals surface area (Å²) in [6, 6.07) is 0. The summed E-state index contributed by atoms with van der Waals surface area (Å²) in [6.45, 7) is 1.02. The van der Waals surface area contributed by atoms with E-state index in [1.54, 1.807) is 0 Å². The van der Waals surface area contributed by atoms with Crippen LogP contribution >= 0.6 is 12.2 Å². The number of rotatable bonds is 5. The van der Waals surface area contributed by atoms with Crippen molar-refractivity contribution >= 4 is 27.2 Å². The minimum Gasteiger partial charge on any atom is -0.392 e. The number of thiocarbonyl (C=S) groups is 1. The Balaban J connectivity index is 2.31. The fourth-order valence-corrected chi connectivity index (χ4v) is 2.81. The van der Waals surface area contributed by atoms with Gasteiger partial charge in [-0.3, -0.25) is 0 Å². The van der Waals surface area contributed by atoms with Gasteiger partial charge in [0.1, 0.15) is 5.75 Å². The predicted octanol–water partition coefficient (Wildman–Crippen LogP) is -0.239. The highest BCUT2D eigenvalue weighted by atomic mass is 32.2. The molecule has 0 radical (unpaired) electrons. The van der Waals surface area contributed by atoms with Crippen LogP contribution in [-0.4, -0.2) is 38.4 Å². The van der Waals surface area contributed by atoms with E-state index in [1.165, 1.54) is 0 Å². The third kappa shape index (κ3) is 5.41. The topological polar surface area (TPSA) is 81.4 Å². The van der Waals surface area contributed by atoms with Crippen molar-refractivity contribution in [3.8, 4) is 0 Å². The number of sulfonamides is 1. The second-order valence-electron chi connectivity index (χ2n) is 3.56. The van der Waals surface area contributed by atoms with E-state index in [-0.39, 0.29) is 16.8 Å². The largest absolute Gasteiger partial charge is 0.392 e. The first-order chi connectivity index (χ1) is 6.99. The Morgan fingerprint density at radius 3 is 2.80 bits per heavy atom. The normalized spacial score (nSPS) is 22.5. The lowest BCUT2D eigenvalue weighted by atomic mass is 10.1. The van der Waals surface area contributed by atoms with Gasteiger partial charge in [0.05, 0.1) is 11.1 Å². The third-order valence-corrected chi connectivity index (χ3v) is 3.76. The van der Waals surface area contributed by atoms with Gasteiger partial charge in [0.2, 0.25) is 10.0 Å². The van der Waals surface area contributed by atoms with Crippen molar-refractivity contribution in [2.24, 2.45) is 5.73 Å². The molecule has 1 unspecified atom stereocenters. The SMILES string of the molecule is NC(=S)CS(=O)(=O)NCC1CCCCO1. The van der Waals surface area contributed by atoms with Gasteiger partial charge in [-0.05, 0) is 19.3 Å². The lowest BCUT2D eigenvalue weighted by Gasteiger charge is -2.22. The molecule has 1 aliphatic rings. The van der Waals surface area contributed by atoms with Gasteiger partial charge in [-0.2, -0.15) is 0 Å². The minimum absolute atomic E-state index is 0.0140. The molecule has 88 valence electrons. The summed E-state index contributed by atoms with van der Waals surface area (Å²) < 4.78 is 30.5. The van der Waals surface area contributed by atoms with Crippen molar-refractivity contribution in [1.82, 2.24) is 4.72 Å². The maximum Gasteiger partial charge on any atom is 0.218 e. The van der Waals surface area contributed by atoms with Crippen LogP contribution in [-0.2, 0) is 14.8 Å².